The molecule has 0 spiro atoms. The lowest BCUT2D eigenvalue weighted by Gasteiger charge is -2.22. The molecule has 0 bridgehead atoms. The highest BCUT2D eigenvalue weighted by Gasteiger charge is 2.15. The first-order chi connectivity index (χ1) is 9.15. The van der Waals surface area contributed by atoms with Crippen molar-refractivity contribution in [1.82, 2.24) is 5.32 Å². The molecule has 0 aromatic heterocycles. The fraction of sp³-hybridized carbons (Fsp3) is 0.600. The summed E-state index contributed by atoms with van der Waals surface area (Å²) in [5.74, 6) is -0.370. The van der Waals surface area contributed by atoms with Gasteiger partial charge in [0.25, 0.3) is 0 Å². The van der Waals surface area contributed by atoms with Gasteiger partial charge in [-0.05, 0) is 50.9 Å². The minimum Gasteiger partial charge on any atom is -0.382 e. The lowest BCUT2D eigenvalue weighted by Crippen LogP contribution is -2.33. The van der Waals surface area contributed by atoms with Crippen molar-refractivity contribution in [2.75, 3.05) is 11.9 Å². The Morgan fingerprint density at radius 2 is 2.26 bits per heavy atom. The van der Waals surface area contributed by atoms with Gasteiger partial charge < -0.3 is 10.6 Å². The van der Waals surface area contributed by atoms with Gasteiger partial charge in [-0.3, -0.25) is 0 Å². The van der Waals surface area contributed by atoms with Crippen molar-refractivity contribution < 1.29 is 4.39 Å². The summed E-state index contributed by atoms with van der Waals surface area (Å²) in [6.45, 7) is 3.28. The van der Waals surface area contributed by atoms with Crippen molar-refractivity contribution in [3.05, 3.63) is 29.0 Å². The van der Waals surface area contributed by atoms with Crippen LogP contribution in [0, 0.1) is 5.82 Å². The lowest BCUT2D eigenvalue weighted by atomic mass is 10.0. The van der Waals surface area contributed by atoms with Crippen molar-refractivity contribution in [2.24, 2.45) is 0 Å². The van der Waals surface area contributed by atoms with Gasteiger partial charge in [0, 0.05) is 17.8 Å². The van der Waals surface area contributed by atoms with E-state index in [0.717, 1.165) is 18.7 Å². The highest BCUT2D eigenvalue weighted by Crippen LogP contribution is 2.21. The maximum atomic E-state index is 13.1. The number of nitrogens with one attached hydrogen (secondary N) is 2. The predicted octanol–water partition coefficient (Wildman–Crippen LogP) is 4.20. The van der Waals surface area contributed by atoms with Crippen LogP contribution in [-0.4, -0.2) is 18.6 Å². The van der Waals surface area contributed by atoms with E-state index in [1.807, 2.05) is 0 Å². The van der Waals surface area contributed by atoms with Crippen LogP contribution in [0.25, 0.3) is 0 Å². The standard InChI is InChI=1S/C15H22ClFN2/c1-11(9-12-5-3-2-4-8-18-12)19-13-6-7-15(17)14(16)10-13/h6-7,10-12,18-19H,2-5,8-9H2,1H3. The van der Waals surface area contributed by atoms with Crippen molar-refractivity contribution in [1.29, 1.82) is 0 Å². The molecular formula is C15H22ClFN2. The Kier molecular flexibility index (Phi) is 5.46. The predicted molar refractivity (Wildman–Crippen MR) is 79.4 cm³/mol. The van der Waals surface area contributed by atoms with Gasteiger partial charge in [-0.25, -0.2) is 4.39 Å². The normalized spacial score (nSPS) is 21.7. The van der Waals surface area contributed by atoms with E-state index in [4.69, 9.17) is 11.6 Å². The minimum atomic E-state index is -0.370. The van der Waals surface area contributed by atoms with Crippen molar-refractivity contribution in [3.63, 3.8) is 0 Å². The molecule has 1 aliphatic heterocycles. The Balaban J connectivity index is 1.85. The molecule has 106 valence electrons. The van der Waals surface area contributed by atoms with Crippen LogP contribution in [0.3, 0.4) is 0 Å². The summed E-state index contributed by atoms with van der Waals surface area (Å²) in [6, 6.07) is 5.71. The van der Waals surface area contributed by atoms with Crippen molar-refractivity contribution >= 4 is 17.3 Å². The third-order valence-corrected chi connectivity index (χ3v) is 3.92. The molecule has 2 nitrogen and oxygen atoms in total. The number of rotatable bonds is 4. The quantitative estimate of drug-likeness (QED) is 0.866. The first-order valence-corrected chi connectivity index (χ1v) is 7.48. The maximum absolute atomic E-state index is 13.1. The molecule has 2 unspecified atom stereocenters. The zero-order valence-corrected chi connectivity index (χ0v) is 12.1. The second-order valence-corrected chi connectivity index (χ2v) is 5.82. The summed E-state index contributed by atoms with van der Waals surface area (Å²) < 4.78 is 13.1. The Labute approximate surface area is 119 Å². The maximum Gasteiger partial charge on any atom is 0.141 e. The van der Waals surface area contributed by atoms with Crippen LogP contribution >= 0.6 is 11.6 Å². The topological polar surface area (TPSA) is 24.1 Å². The molecule has 0 aliphatic carbocycles. The summed E-state index contributed by atoms with van der Waals surface area (Å²) in [5, 5.41) is 7.15. The number of hydrogen-bond acceptors (Lipinski definition) is 2. The zero-order chi connectivity index (χ0) is 13.7. The molecule has 1 fully saturated rings. The summed E-state index contributed by atoms with van der Waals surface area (Å²) >= 11 is 5.78. The number of anilines is 1. The monoisotopic (exact) mass is 284 g/mol. The summed E-state index contributed by atoms with van der Waals surface area (Å²) in [7, 11) is 0. The molecule has 1 aromatic carbocycles. The van der Waals surface area contributed by atoms with E-state index in [2.05, 4.69) is 17.6 Å². The smallest absolute Gasteiger partial charge is 0.141 e. The first-order valence-electron chi connectivity index (χ1n) is 7.10. The van der Waals surface area contributed by atoms with Crippen molar-refractivity contribution in [2.45, 2.75) is 51.1 Å². The number of benzene rings is 1. The highest BCUT2D eigenvalue weighted by atomic mass is 35.5. The lowest BCUT2D eigenvalue weighted by molar-refractivity contribution is 0.456. The molecule has 2 N–H and O–H groups in total. The summed E-state index contributed by atoms with van der Waals surface area (Å²) in [4.78, 5) is 0. The number of halogens is 2. The van der Waals surface area contributed by atoms with Crippen LogP contribution in [0.5, 0.6) is 0 Å². The second kappa shape index (κ2) is 7.11. The van der Waals surface area contributed by atoms with E-state index in [1.54, 1.807) is 12.1 Å². The van der Waals surface area contributed by atoms with E-state index in [1.165, 1.54) is 31.7 Å². The zero-order valence-electron chi connectivity index (χ0n) is 11.4. The fourth-order valence-electron chi connectivity index (χ4n) is 2.66. The van der Waals surface area contributed by atoms with Gasteiger partial charge >= 0.3 is 0 Å². The van der Waals surface area contributed by atoms with E-state index >= 15 is 0 Å². The molecule has 2 atom stereocenters. The average Bonchev–Trinajstić information content (AvgIpc) is 2.62. The molecular weight excluding hydrogens is 263 g/mol. The van der Waals surface area contributed by atoms with Crippen molar-refractivity contribution in [3.8, 4) is 0 Å². The van der Waals surface area contributed by atoms with Crippen LogP contribution in [0.15, 0.2) is 18.2 Å². The van der Waals surface area contributed by atoms with Crippen LogP contribution < -0.4 is 10.6 Å². The van der Waals surface area contributed by atoms with Gasteiger partial charge in [0.05, 0.1) is 5.02 Å². The fourth-order valence-corrected chi connectivity index (χ4v) is 2.84. The summed E-state index contributed by atoms with van der Waals surface area (Å²) in [6.07, 6.45) is 6.25. The minimum absolute atomic E-state index is 0.171. The second-order valence-electron chi connectivity index (χ2n) is 5.41. The van der Waals surface area contributed by atoms with E-state index in [0.29, 0.717) is 12.1 Å². The van der Waals surface area contributed by atoms with Gasteiger partial charge in [0.1, 0.15) is 5.82 Å². The molecule has 4 heteroatoms. The summed E-state index contributed by atoms with van der Waals surface area (Å²) in [5.41, 5.74) is 0.882. The van der Waals surface area contributed by atoms with Gasteiger partial charge in [-0.2, -0.15) is 0 Å². The van der Waals surface area contributed by atoms with Gasteiger partial charge in [-0.1, -0.05) is 24.4 Å². The molecule has 1 saturated heterocycles. The number of hydrogen-bond donors (Lipinski definition) is 2. The van der Waals surface area contributed by atoms with E-state index < -0.39 is 0 Å². The Morgan fingerprint density at radius 1 is 1.42 bits per heavy atom. The van der Waals surface area contributed by atoms with Crippen LogP contribution in [-0.2, 0) is 0 Å². The molecule has 0 radical (unpaired) electrons. The molecule has 1 aliphatic rings. The molecule has 0 amide bonds. The van der Waals surface area contributed by atoms with Gasteiger partial charge in [-0.15, -0.1) is 0 Å². The molecule has 1 aromatic rings. The van der Waals surface area contributed by atoms with Crippen LogP contribution in [0.2, 0.25) is 5.02 Å². The third-order valence-electron chi connectivity index (χ3n) is 3.63. The molecule has 0 saturated carbocycles. The SMILES string of the molecule is CC(CC1CCCCCN1)Nc1ccc(F)c(Cl)c1. The molecule has 19 heavy (non-hydrogen) atoms. The van der Waals surface area contributed by atoms with Crippen LogP contribution in [0.4, 0.5) is 10.1 Å². The largest absolute Gasteiger partial charge is 0.382 e. The third kappa shape index (κ3) is 4.66. The first kappa shape index (κ1) is 14.6. The Hall–Kier alpha value is -0.800. The van der Waals surface area contributed by atoms with Gasteiger partial charge in [0.2, 0.25) is 0 Å². The molecule has 2 rings (SSSR count). The average molecular weight is 285 g/mol. The Bertz CT molecular complexity index is 403. The van der Waals surface area contributed by atoms with E-state index in [9.17, 15) is 4.39 Å². The Morgan fingerprint density at radius 3 is 3.05 bits per heavy atom. The van der Waals surface area contributed by atoms with Crippen LogP contribution in [0.1, 0.15) is 39.0 Å². The molecule has 1 heterocycles. The highest BCUT2D eigenvalue weighted by molar-refractivity contribution is 6.31. The van der Waals surface area contributed by atoms with Gasteiger partial charge in [0.15, 0.2) is 0 Å². The van der Waals surface area contributed by atoms with E-state index in [-0.39, 0.29) is 10.8 Å².